The first-order valence-electron chi connectivity index (χ1n) is 6.51. The molecule has 118 valence electrons. The van der Waals surface area contributed by atoms with Crippen molar-refractivity contribution >= 4 is 22.5 Å². The van der Waals surface area contributed by atoms with E-state index in [1.54, 1.807) is 6.20 Å². The van der Waals surface area contributed by atoms with E-state index in [1.165, 1.54) is 11.3 Å². The highest BCUT2D eigenvalue weighted by molar-refractivity contribution is 7.15. The molecule has 0 atom stereocenters. The van der Waals surface area contributed by atoms with Gasteiger partial charge in [0.05, 0.1) is 0 Å². The van der Waals surface area contributed by atoms with Gasteiger partial charge < -0.3 is 5.32 Å². The van der Waals surface area contributed by atoms with Gasteiger partial charge >= 0.3 is 6.03 Å². The smallest absolute Gasteiger partial charge is 0.321 e. The lowest BCUT2D eigenvalue weighted by Gasteiger charge is -2.07. The van der Waals surface area contributed by atoms with Gasteiger partial charge in [-0.2, -0.15) is 0 Å². The highest BCUT2D eigenvalue weighted by atomic mass is 32.1. The molecule has 1 aromatic heterocycles. The largest absolute Gasteiger partial charge is 0.334 e. The standard InChI is InChI=1S/C14H14F3N3OS/c1-7(2)10-6-19-14(22-10)20-13(21)18-5-8-3-4-9(15)12(17)11(8)16/h3-4,6-7H,5H2,1-2H3,(H2,18,19,20,21). The summed E-state index contributed by atoms with van der Waals surface area (Å²) in [6.45, 7) is 3.74. The predicted molar refractivity (Wildman–Crippen MR) is 78.4 cm³/mol. The van der Waals surface area contributed by atoms with E-state index < -0.39 is 23.5 Å². The van der Waals surface area contributed by atoms with Crippen molar-refractivity contribution < 1.29 is 18.0 Å². The molecule has 1 aromatic carbocycles. The molecule has 4 nitrogen and oxygen atoms in total. The number of amides is 2. The van der Waals surface area contributed by atoms with Crippen LogP contribution in [0.1, 0.15) is 30.2 Å². The number of aromatic nitrogens is 1. The summed E-state index contributed by atoms with van der Waals surface area (Å²) in [5, 5.41) is 5.27. The van der Waals surface area contributed by atoms with Gasteiger partial charge in [0.2, 0.25) is 0 Å². The average Bonchev–Trinajstić information content (AvgIpc) is 2.93. The summed E-state index contributed by atoms with van der Waals surface area (Å²) >= 11 is 1.33. The van der Waals surface area contributed by atoms with Crippen LogP contribution in [0.25, 0.3) is 0 Å². The Hall–Kier alpha value is -2.09. The molecule has 2 rings (SSSR count). The van der Waals surface area contributed by atoms with Crippen molar-refractivity contribution in [2.75, 3.05) is 5.32 Å². The molecular formula is C14H14F3N3OS. The number of nitrogens with one attached hydrogen (secondary N) is 2. The van der Waals surface area contributed by atoms with Crippen molar-refractivity contribution in [3.05, 3.63) is 46.2 Å². The summed E-state index contributed by atoms with van der Waals surface area (Å²) < 4.78 is 39.3. The third kappa shape index (κ3) is 3.76. The van der Waals surface area contributed by atoms with E-state index in [0.29, 0.717) is 11.0 Å². The third-order valence-corrected chi connectivity index (χ3v) is 4.08. The second kappa shape index (κ2) is 6.78. The quantitative estimate of drug-likeness (QED) is 0.833. The van der Waals surface area contributed by atoms with Gasteiger partial charge in [0.1, 0.15) is 0 Å². The van der Waals surface area contributed by atoms with Gasteiger partial charge in [0.15, 0.2) is 22.6 Å². The lowest BCUT2D eigenvalue weighted by atomic mass is 10.2. The minimum Gasteiger partial charge on any atom is -0.334 e. The van der Waals surface area contributed by atoms with Crippen molar-refractivity contribution in [3.63, 3.8) is 0 Å². The number of urea groups is 1. The number of carbonyl (C=O) groups excluding carboxylic acids is 1. The van der Waals surface area contributed by atoms with E-state index in [0.717, 1.165) is 17.0 Å². The molecule has 0 spiro atoms. The SMILES string of the molecule is CC(C)c1cnc(NC(=O)NCc2ccc(F)c(F)c2F)s1. The number of thiazole rings is 1. The molecule has 0 aliphatic rings. The van der Waals surface area contributed by atoms with Crippen molar-refractivity contribution in [2.45, 2.75) is 26.3 Å². The van der Waals surface area contributed by atoms with E-state index in [4.69, 9.17) is 0 Å². The van der Waals surface area contributed by atoms with Crippen LogP contribution in [-0.4, -0.2) is 11.0 Å². The maximum absolute atomic E-state index is 13.4. The Kier molecular flexibility index (Phi) is 5.02. The van der Waals surface area contributed by atoms with E-state index in [1.807, 2.05) is 13.8 Å². The predicted octanol–water partition coefficient (Wildman–Crippen LogP) is 4.01. The molecule has 0 fully saturated rings. The molecule has 0 bridgehead atoms. The Labute approximate surface area is 129 Å². The average molecular weight is 329 g/mol. The van der Waals surface area contributed by atoms with Crippen LogP contribution in [0.3, 0.4) is 0 Å². The monoisotopic (exact) mass is 329 g/mol. The molecule has 2 N–H and O–H groups in total. The van der Waals surface area contributed by atoms with Crippen LogP contribution in [0.2, 0.25) is 0 Å². The second-order valence-electron chi connectivity index (χ2n) is 4.86. The van der Waals surface area contributed by atoms with Gasteiger partial charge in [-0.15, -0.1) is 11.3 Å². The molecule has 0 unspecified atom stereocenters. The summed E-state index contributed by atoms with van der Waals surface area (Å²) in [6.07, 6.45) is 1.67. The van der Waals surface area contributed by atoms with Crippen LogP contribution >= 0.6 is 11.3 Å². The summed E-state index contributed by atoms with van der Waals surface area (Å²) in [5.41, 5.74) is -0.143. The van der Waals surface area contributed by atoms with Crippen LogP contribution in [-0.2, 0) is 6.54 Å². The number of hydrogen-bond donors (Lipinski definition) is 2. The van der Waals surface area contributed by atoms with Gasteiger partial charge in [-0.25, -0.2) is 22.9 Å². The van der Waals surface area contributed by atoms with Gasteiger partial charge in [0.25, 0.3) is 0 Å². The molecule has 22 heavy (non-hydrogen) atoms. The zero-order valence-electron chi connectivity index (χ0n) is 11.9. The van der Waals surface area contributed by atoms with Gasteiger partial charge in [-0.3, -0.25) is 5.32 Å². The third-order valence-electron chi connectivity index (χ3n) is 2.87. The van der Waals surface area contributed by atoms with Crippen molar-refractivity contribution in [2.24, 2.45) is 0 Å². The highest BCUT2D eigenvalue weighted by Gasteiger charge is 2.14. The zero-order chi connectivity index (χ0) is 16.3. The number of carbonyl (C=O) groups is 1. The fourth-order valence-corrected chi connectivity index (χ4v) is 2.44. The number of benzene rings is 1. The van der Waals surface area contributed by atoms with Crippen molar-refractivity contribution in [1.29, 1.82) is 0 Å². The number of nitrogens with zero attached hydrogens (tertiary/aromatic N) is 1. The molecule has 0 saturated heterocycles. The van der Waals surface area contributed by atoms with Crippen molar-refractivity contribution in [3.8, 4) is 0 Å². The summed E-state index contributed by atoms with van der Waals surface area (Å²) in [5.74, 6) is -3.83. The van der Waals surface area contributed by atoms with Gasteiger partial charge in [0, 0.05) is 23.2 Å². The van der Waals surface area contributed by atoms with E-state index >= 15 is 0 Å². The van der Waals surface area contributed by atoms with E-state index in [-0.39, 0.29) is 12.1 Å². The number of halogens is 3. The zero-order valence-corrected chi connectivity index (χ0v) is 12.7. The Balaban J connectivity index is 1.94. The molecular weight excluding hydrogens is 315 g/mol. The number of anilines is 1. The fraction of sp³-hybridized carbons (Fsp3) is 0.286. The number of rotatable bonds is 4. The van der Waals surface area contributed by atoms with Crippen LogP contribution in [0, 0.1) is 17.5 Å². The minimum absolute atomic E-state index is 0.143. The topological polar surface area (TPSA) is 54.0 Å². The first kappa shape index (κ1) is 16.3. The first-order chi connectivity index (χ1) is 10.4. The van der Waals surface area contributed by atoms with Gasteiger partial charge in [-0.1, -0.05) is 19.9 Å². The Morgan fingerprint density at radius 1 is 1.27 bits per heavy atom. The van der Waals surface area contributed by atoms with E-state index in [9.17, 15) is 18.0 Å². The molecule has 2 aromatic rings. The Morgan fingerprint density at radius 3 is 2.64 bits per heavy atom. The molecule has 8 heteroatoms. The van der Waals surface area contributed by atoms with Crippen LogP contribution < -0.4 is 10.6 Å². The molecule has 0 radical (unpaired) electrons. The number of hydrogen-bond acceptors (Lipinski definition) is 3. The summed E-state index contributed by atoms with van der Waals surface area (Å²) in [4.78, 5) is 16.7. The molecule has 0 aliphatic carbocycles. The minimum atomic E-state index is -1.55. The van der Waals surface area contributed by atoms with Crippen LogP contribution in [0.4, 0.5) is 23.1 Å². The fourth-order valence-electron chi connectivity index (χ4n) is 1.63. The lowest BCUT2D eigenvalue weighted by Crippen LogP contribution is -2.28. The molecule has 0 saturated carbocycles. The van der Waals surface area contributed by atoms with Crippen LogP contribution in [0.15, 0.2) is 18.3 Å². The maximum atomic E-state index is 13.4. The van der Waals surface area contributed by atoms with Crippen LogP contribution in [0.5, 0.6) is 0 Å². The Bertz CT molecular complexity index is 688. The van der Waals surface area contributed by atoms with Gasteiger partial charge in [-0.05, 0) is 12.0 Å². The normalized spacial score (nSPS) is 10.8. The molecule has 1 heterocycles. The molecule has 0 aliphatic heterocycles. The Morgan fingerprint density at radius 2 is 2.00 bits per heavy atom. The molecule has 2 amide bonds. The van der Waals surface area contributed by atoms with E-state index in [2.05, 4.69) is 15.6 Å². The summed E-state index contributed by atoms with van der Waals surface area (Å²) in [7, 11) is 0. The summed E-state index contributed by atoms with van der Waals surface area (Å²) in [6, 6.07) is 1.28. The maximum Gasteiger partial charge on any atom is 0.321 e. The highest BCUT2D eigenvalue weighted by Crippen LogP contribution is 2.25. The second-order valence-corrected chi connectivity index (χ2v) is 5.93. The lowest BCUT2D eigenvalue weighted by molar-refractivity contribution is 0.251. The first-order valence-corrected chi connectivity index (χ1v) is 7.33. The van der Waals surface area contributed by atoms with Crippen molar-refractivity contribution in [1.82, 2.24) is 10.3 Å².